The van der Waals surface area contributed by atoms with E-state index in [-0.39, 0.29) is 11.8 Å². The minimum atomic E-state index is -0.315. The van der Waals surface area contributed by atoms with Crippen molar-refractivity contribution >= 4 is 17.9 Å². The summed E-state index contributed by atoms with van der Waals surface area (Å²) in [7, 11) is 1.60. The molecule has 2 aliphatic rings. The van der Waals surface area contributed by atoms with Crippen LogP contribution in [0, 0.1) is 5.92 Å². The van der Waals surface area contributed by atoms with E-state index in [0.29, 0.717) is 37.0 Å². The Hall–Kier alpha value is -2.60. The number of amides is 2. The lowest BCUT2D eigenvalue weighted by Crippen LogP contribution is -2.37. The van der Waals surface area contributed by atoms with Crippen LogP contribution in [0.2, 0.25) is 0 Å². The molecule has 0 radical (unpaired) electrons. The van der Waals surface area contributed by atoms with E-state index in [2.05, 4.69) is 0 Å². The van der Waals surface area contributed by atoms with Gasteiger partial charge in [0.05, 0.1) is 13.7 Å². The molecule has 1 saturated heterocycles. The van der Waals surface area contributed by atoms with Gasteiger partial charge in [-0.25, -0.2) is 0 Å². The number of imide groups is 1. The van der Waals surface area contributed by atoms with Crippen LogP contribution in [0.15, 0.2) is 36.4 Å². The first kappa shape index (κ1) is 20.1. The van der Waals surface area contributed by atoms with Gasteiger partial charge in [0, 0.05) is 25.8 Å². The molecule has 0 atom stereocenters. The van der Waals surface area contributed by atoms with Gasteiger partial charge in [0.2, 0.25) is 0 Å². The Kier molecular flexibility index (Phi) is 7.25. The van der Waals surface area contributed by atoms with Crippen LogP contribution in [0.4, 0.5) is 0 Å². The van der Waals surface area contributed by atoms with E-state index >= 15 is 0 Å². The fraction of sp³-hybridized carbons (Fsp3) is 0.455. The Morgan fingerprint density at radius 3 is 2.86 bits per heavy atom. The summed E-state index contributed by atoms with van der Waals surface area (Å²) in [4.78, 5) is 25.2. The van der Waals surface area contributed by atoms with E-state index in [4.69, 9.17) is 14.2 Å². The second-order valence-electron chi connectivity index (χ2n) is 6.96. The van der Waals surface area contributed by atoms with Crippen molar-refractivity contribution in [3.63, 3.8) is 0 Å². The molecule has 2 amide bonds. The Morgan fingerprint density at radius 1 is 1.29 bits per heavy atom. The lowest BCUT2D eigenvalue weighted by atomic mass is 9.97. The van der Waals surface area contributed by atoms with E-state index in [1.807, 2.05) is 18.2 Å². The molecular weight excluding hydrogens is 358 g/mol. The zero-order valence-corrected chi connectivity index (χ0v) is 16.3. The smallest absolute Gasteiger partial charge is 0.253 e. The van der Waals surface area contributed by atoms with Crippen molar-refractivity contribution in [3.8, 4) is 11.5 Å². The fourth-order valence-corrected chi connectivity index (χ4v) is 3.34. The molecule has 0 aliphatic carbocycles. The first-order valence-corrected chi connectivity index (χ1v) is 9.76. The summed E-state index contributed by atoms with van der Waals surface area (Å²) in [5, 5.41) is 0. The molecule has 2 aliphatic heterocycles. The highest BCUT2D eigenvalue weighted by molar-refractivity contribution is 6.06. The first-order chi connectivity index (χ1) is 13.7. The van der Waals surface area contributed by atoms with Gasteiger partial charge in [0.1, 0.15) is 0 Å². The molecule has 0 saturated carbocycles. The standard InChI is InChI=1S/C22H27NO5/c1-26-20-16-18(6-8-22(25)23-12-3-2-4-21(23)24)5-7-19(20)28-15-11-17-9-13-27-14-10-17/h2,4-8,16-17H,3,9-15H2,1H3/b8-6+. The SMILES string of the molecule is COc1cc(/C=C/C(=O)N2CCC=CC2=O)ccc1OCCC1CCOCC1. The quantitative estimate of drug-likeness (QED) is 0.675. The molecule has 6 nitrogen and oxygen atoms in total. The predicted molar refractivity (Wildman–Crippen MR) is 106 cm³/mol. The third-order valence-electron chi connectivity index (χ3n) is 5.04. The lowest BCUT2D eigenvalue weighted by molar-refractivity contribution is -0.139. The van der Waals surface area contributed by atoms with Crippen molar-refractivity contribution in [2.24, 2.45) is 5.92 Å². The van der Waals surface area contributed by atoms with Crippen LogP contribution in [0.5, 0.6) is 11.5 Å². The number of hydrogen-bond donors (Lipinski definition) is 0. The highest BCUT2D eigenvalue weighted by Crippen LogP contribution is 2.29. The van der Waals surface area contributed by atoms with Gasteiger partial charge in [-0.1, -0.05) is 12.1 Å². The molecule has 0 aromatic heterocycles. The largest absolute Gasteiger partial charge is 0.493 e. The van der Waals surface area contributed by atoms with E-state index in [1.54, 1.807) is 19.3 Å². The Labute approximate surface area is 165 Å². The Bertz CT molecular complexity index is 749. The maximum atomic E-state index is 12.2. The zero-order valence-electron chi connectivity index (χ0n) is 16.3. The number of benzene rings is 1. The molecule has 3 rings (SSSR count). The van der Waals surface area contributed by atoms with Crippen molar-refractivity contribution in [2.45, 2.75) is 25.7 Å². The maximum absolute atomic E-state index is 12.2. The molecule has 28 heavy (non-hydrogen) atoms. The van der Waals surface area contributed by atoms with E-state index in [0.717, 1.165) is 38.0 Å². The molecule has 0 bridgehead atoms. The zero-order chi connectivity index (χ0) is 19.8. The average Bonchev–Trinajstić information content (AvgIpc) is 2.73. The molecule has 1 aromatic carbocycles. The van der Waals surface area contributed by atoms with Crippen LogP contribution in [0.1, 0.15) is 31.2 Å². The molecule has 1 aromatic rings. The van der Waals surface area contributed by atoms with Crippen molar-refractivity contribution in [1.29, 1.82) is 0 Å². The van der Waals surface area contributed by atoms with Crippen molar-refractivity contribution in [2.75, 3.05) is 33.5 Å². The number of nitrogens with zero attached hydrogens (tertiary/aromatic N) is 1. The number of rotatable bonds is 7. The van der Waals surface area contributed by atoms with Crippen LogP contribution in [0.3, 0.4) is 0 Å². The van der Waals surface area contributed by atoms with Gasteiger partial charge >= 0.3 is 0 Å². The fourth-order valence-electron chi connectivity index (χ4n) is 3.34. The summed E-state index contributed by atoms with van der Waals surface area (Å²) in [6.07, 6.45) is 10.2. The normalized spacial score (nSPS) is 17.9. The summed E-state index contributed by atoms with van der Waals surface area (Å²) in [6, 6.07) is 5.54. The van der Waals surface area contributed by atoms with E-state index in [9.17, 15) is 9.59 Å². The monoisotopic (exact) mass is 385 g/mol. The molecule has 6 heteroatoms. The van der Waals surface area contributed by atoms with Gasteiger partial charge in [-0.3, -0.25) is 14.5 Å². The minimum absolute atomic E-state index is 0.272. The number of carbonyl (C=O) groups excluding carboxylic acids is 2. The van der Waals surface area contributed by atoms with E-state index in [1.165, 1.54) is 17.1 Å². The maximum Gasteiger partial charge on any atom is 0.253 e. The molecule has 0 unspecified atom stereocenters. The van der Waals surface area contributed by atoms with Gasteiger partial charge in [-0.15, -0.1) is 0 Å². The van der Waals surface area contributed by atoms with E-state index < -0.39 is 0 Å². The van der Waals surface area contributed by atoms with Gasteiger partial charge in [0.15, 0.2) is 11.5 Å². The molecule has 150 valence electrons. The number of methoxy groups -OCH3 is 1. The van der Waals surface area contributed by atoms with Crippen LogP contribution in [-0.4, -0.2) is 50.2 Å². The summed E-state index contributed by atoms with van der Waals surface area (Å²) in [5.41, 5.74) is 0.807. The second-order valence-corrected chi connectivity index (χ2v) is 6.96. The summed E-state index contributed by atoms with van der Waals surface area (Å²) in [5.74, 6) is 1.38. The Morgan fingerprint density at radius 2 is 2.11 bits per heavy atom. The number of ether oxygens (including phenoxy) is 3. The van der Waals surface area contributed by atoms with Gasteiger partial charge in [-0.05, 0) is 61.4 Å². The third kappa shape index (κ3) is 5.45. The predicted octanol–water partition coefficient (Wildman–Crippen LogP) is 3.22. The van der Waals surface area contributed by atoms with Crippen LogP contribution in [0.25, 0.3) is 6.08 Å². The summed E-state index contributed by atoms with van der Waals surface area (Å²) in [6.45, 7) is 2.74. The number of hydrogen-bond acceptors (Lipinski definition) is 5. The molecule has 0 N–H and O–H groups in total. The van der Waals surface area contributed by atoms with Crippen LogP contribution in [-0.2, 0) is 14.3 Å². The van der Waals surface area contributed by atoms with Crippen LogP contribution >= 0.6 is 0 Å². The topological polar surface area (TPSA) is 65.1 Å². The Balaban J connectivity index is 1.56. The van der Waals surface area contributed by atoms with Crippen LogP contribution < -0.4 is 9.47 Å². The third-order valence-corrected chi connectivity index (χ3v) is 5.04. The van der Waals surface area contributed by atoms with Gasteiger partial charge in [0.25, 0.3) is 11.8 Å². The lowest BCUT2D eigenvalue weighted by Gasteiger charge is -2.22. The minimum Gasteiger partial charge on any atom is -0.493 e. The highest BCUT2D eigenvalue weighted by Gasteiger charge is 2.19. The molecular formula is C22H27NO5. The van der Waals surface area contributed by atoms with Gasteiger partial charge in [-0.2, -0.15) is 0 Å². The first-order valence-electron chi connectivity index (χ1n) is 9.76. The van der Waals surface area contributed by atoms with Gasteiger partial charge < -0.3 is 14.2 Å². The summed E-state index contributed by atoms with van der Waals surface area (Å²) < 4.78 is 16.7. The summed E-state index contributed by atoms with van der Waals surface area (Å²) >= 11 is 0. The molecule has 1 fully saturated rings. The van der Waals surface area contributed by atoms with Crippen molar-refractivity contribution < 1.29 is 23.8 Å². The highest BCUT2D eigenvalue weighted by atomic mass is 16.5. The van der Waals surface area contributed by atoms with Crippen molar-refractivity contribution in [3.05, 3.63) is 42.0 Å². The van der Waals surface area contributed by atoms with Crippen molar-refractivity contribution in [1.82, 2.24) is 4.90 Å². The number of carbonyl (C=O) groups is 2. The molecule has 0 spiro atoms. The molecule has 2 heterocycles. The average molecular weight is 385 g/mol. The second kappa shape index (κ2) is 10.1.